The van der Waals surface area contributed by atoms with Crippen LogP contribution in [-0.2, 0) is 0 Å². The molecular weight excluding hydrogens is 272 g/mol. The van der Waals surface area contributed by atoms with Crippen LogP contribution in [0, 0.1) is 0 Å². The normalized spacial score (nSPS) is 12.0. The maximum Gasteiger partial charge on any atom is 0.251 e. The first-order chi connectivity index (χ1) is 10.8. The van der Waals surface area contributed by atoms with Crippen molar-refractivity contribution >= 4 is 16.8 Å². The van der Waals surface area contributed by atoms with Gasteiger partial charge in [-0.3, -0.25) is 9.78 Å². The van der Waals surface area contributed by atoms with E-state index in [2.05, 4.69) is 17.2 Å². The molecule has 1 aromatic heterocycles. The van der Waals surface area contributed by atoms with Crippen molar-refractivity contribution in [2.24, 2.45) is 0 Å². The largest absolute Gasteiger partial charge is 0.345 e. The third-order valence-corrected chi connectivity index (χ3v) is 3.78. The van der Waals surface area contributed by atoms with E-state index in [4.69, 9.17) is 0 Å². The number of carbonyl (C=O) groups excluding carboxylic acids is 1. The number of nitrogens with zero attached hydrogens (tertiary/aromatic N) is 1. The Morgan fingerprint density at radius 2 is 1.91 bits per heavy atom. The molecule has 3 rings (SSSR count). The molecule has 0 spiro atoms. The fourth-order valence-corrected chi connectivity index (χ4v) is 2.56. The third-order valence-electron chi connectivity index (χ3n) is 3.78. The fraction of sp³-hybridized carbons (Fsp3) is 0.158. The molecule has 0 aliphatic heterocycles. The Kier molecular flexibility index (Phi) is 4.15. The number of benzene rings is 2. The van der Waals surface area contributed by atoms with Gasteiger partial charge in [-0.05, 0) is 36.2 Å². The first-order valence-corrected chi connectivity index (χ1v) is 7.48. The second-order valence-electron chi connectivity index (χ2n) is 5.26. The summed E-state index contributed by atoms with van der Waals surface area (Å²) in [5.41, 5.74) is 2.69. The van der Waals surface area contributed by atoms with Crippen molar-refractivity contribution in [2.45, 2.75) is 19.4 Å². The van der Waals surface area contributed by atoms with Crippen LogP contribution in [0.2, 0.25) is 0 Å². The van der Waals surface area contributed by atoms with E-state index < -0.39 is 0 Å². The minimum atomic E-state index is -0.0542. The van der Waals surface area contributed by atoms with Crippen LogP contribution in [0.5, 0.6) is 0 Å². The first kappa shape index (κ1) is 14.3. The number of pyridine rings is 1. The van der Waals surface area contributed by atoms with Gasteiger partial charge in [-0.15, -0.1) is 0 Å². The number of aromatic nitrogens is 1. The van der Waals surface area contributed by atoms with Crippen LogP contribution < -0.4 is 5.32 Å². The van der Waals surface area contributed by atoms with Crippen LogP contribution in [0.25, 0.3) is 10.9 Å². The number of amides is 1. The van der Waals surface area contributed by atoms with Crippen LogP contribution in [0.4, 0.5) is 0 Å². The molecule has 1 atom stereocenters. The van der Waals surface area contributed by atoms with E-state index in [1.165, 1.54) is 0 Å². The lowest BCUT2D eigenvalue weighted by molar-refractivity contribution is 0.0935. The number of carbonyl (C=O) groups is 1. The quantitative estimate of drug-likeness (QED) is 0.785. The van der Waals surface area contributed by atoms with Crippen molar-refractivity contribution in [3.63, 3.8) is 0 Å². The second kappa shape index (κ2) is 6.39. The topological polar surface area (TPSA) is 42.0 Å². The van der Waals surface area contributed by atoms with Crippen molar-refractivity contribution < 1.29 is 4.79 Å². The van der Waals surface area contributed by atoms with Crippen LogP contribution in [-0.4, -0.2) is 10.9 Å². The smallest absolute Gasteiger partial charge is 0.251 e. The maximum atomic E-state index is 12.5. The molecule has 22 heavy (non-hydrogen) atoms. The van der Waals surface area contributed by atoms with E-state index in [0.29, 0.717) is 5.56 Å². The first-order valence-electron chi connectivity index (χ1n) is 7.48. The van der Waals surface area contributed by atoms with E-state index >= 15 is 0 Å². The van der Waals surface area contributed by atoms with Gasteiger partial charge in [0.1, 0.15) is 0 Å². The van der Waals surface area contributed by atoms with E-state index in [-0.39, 0.29) is 11.9 Å². The lowest BCUT2D eigenvalue weighted by atomic mass is 10.0. The molecule has 3 aromatic rings. The number of hydrogen-bond acceptors (Lipinski definition) is 2. The summed E-state index contributed by atoms with van der Waals surface area (Å²) in [7, 11) is 0. The van der Waals surface area contributed by atoms with Crippen molar-refractivity contribution in [3.05, 3.63) is 78.0 Å². The van der Waals surface area contributed by atoms with Gasteiger partial charge in [0.15, 0.2) is 0 Å². The van der Waals surface area contributed by atoms with Crippen molar-refractivity contribution in [1.82, 2.24) is 10.3 Å². The summed E-state index contributed by atoms with van der Waals surface area (Å²) in [6.07, 6.45) is 2.61. The summed E-state index contributed by atoms with van der Waals surface area (Å²) < 4.78 is 0. The third kappa shape index (κ3) is 2.98. The Labute approximate surface area is 130 Å². The predicted molar refractivity (Wildman–Crippen MR) is 88.7 cm³/mol. The van der Waals surface area contributed by atoms with Gasteiger partial charge in [0.05, 0.1) is 11.6 Å². The molecule has 110 valence electrons. The Hall–Kier alpha value is -2.68. The van der Waals surface area contributed by atoms with Crippen LogP contribution >= 0.6 is 0 Å². The van der Waals surface area contributed by atoms with Crippen molar-refractivity contribution in [1.29, 1.82) is 0 Å². The molecule has 0 aliphatic rings. The van der Waals surface area contributed by atoms with Gasteiger partial charge in [-0.2, -0.15) is 0 Å². The molecule has 1 amide bonds. The van der Waals surface area contributed by atoms with Crippen LogP contribution in [0.3, 0.4) is 0 Å². The highest BCUT2D eigenvalue weighted by Crippen LogP contribution is 2.18. The molecule has 3 heteroatoms. The average molecular weight is 290 g/mol. The Morgan fingerprint density at radius 3 is 2.68 bits per heavy atom. The zero-order valence-electron chi connectivity index (χ0n) is 12.5. The van der Waals surface area contributed by atoms with Crippen LogP contribution in [0.1, 0.15) is 35.3 Å². The molecule has 2 aromatic carbocycles. The highest BCUT2D eigenvalue weighted by Gasteiger charge is 2.14. The van der Waals surface area contributed by atoms with Crippen LogP contribution in [0.15, 0.2) is 66.9 Å². The molecule has 0 aliphatic carbocycles. The Balaban J connectivity index is 1.83. The standard InChI is InChI=1S/C19H18N2O/c1-2-17(14-7-4-3-5-8-14)21-19(22)16-10-11-18-15(13-16)9-6-12-20-18/h3-13,17H,2H2,1H3,(H,21,22). The van der Waals surface area contributed by atoms with Crippen molar-refractivity contribution in [3.8, 4) is 0 Å². The molecule has 0 bridgehead atoms. The second-order valence-corrected chi connectivity index (χ2v) is 5.26. The zero-order valence-corrected chi connectivity index (χ0v) is 12.5. The molecule has 0 radical (unpaired) electrons. The van der Waals surface area contributed by atoms with Gasteiger partial charge in [0, 0.05) is 17.1 Å². The highest BCUT2D eigenvalue weighted by atomic mass is 16.1. The molecule has 0 fully saturated rings. The minimum Gasteiger partial charge on any atom is -0.345 e. The van der Waals surface area contributed by atoms with Gasteiger partial charge in [0.25, 0.3) is 5.91 Å². The lowest BCUT2D eigenvalue weighted by Crippen LogP contribution is -2.28. The van der Waals surface area contributed by atoms with Gasteiger partial charge in [0.2, 0.25) is 0 Å². The van der Waals surface area contributed by atoms with Gasteiger partial charge in [-0.1, -0.05) is 43.3 Å². The van der Waals surface area contributed by atoms with Gasteiger partial charge in [-0.25, -0.2) is 0 Å². The Bertz CT molecular complexity index is 784. The maximum absolute atomic E-state index is 12.5. The summed E-state index contributed by atoms with van der Waals surface area (Å²) in [5.74, 6) is -0.0542. The monoisotopic (exact) mass is 290 g/mol. The van der Waals surface area contributed by atoms with Crippen molar-refractivity contribution in [2.75, 3.05) is 0 Å². The highest BCUT2D eigenvalue weighted by molar-refractivity contribution is 5.98. The summed E-state index contributed by atoms with van der Waals surface area (Å²) in [4.78, 5) is 16.8. The molecule has 1 heterocycles. The summed E-state index contributed by atoms with van der Waals surface area (Å²) in [5, 5.41) is 4.08. The number of fused-ring (bicyclic) bond motifs is 1. The SMILES string of the molecule is CCC(NC(=O)c1ccc2ncccc2c1)c1ccccc1. The molecule has 1 unspecified atom stereocenters. The summed E-state index contributed by atoms with van der Waals surface area (Å²) in [6, 6.07) is 19.5. The zero-order chi connectivity index (χ0) is 15.4. The average Bonchev–Trinajstić information content (AvgIpc) is 2.59. The van der Waals surface area contributed by atoms with E-state index in [1.54, 1.807) is 6.20 Å². The molecule has 0 saturated heterocycles. The van der Waals surface area contributed by atoms with E-state index in [9.17, 15) is 4.79 Å². The number of rotatable bonds is 4. The fourth-order valence-electron chi connectivity index (χ4n) is 2.56. The molecular formula is C19H18N2O. The molecule has 0 saturated carbocycles. The predicted octanol–water partition coefficient (Wildman–Crippen LogP) is 4.12. The van der Waals surface area contributed by atoms with Gasteiger partial charge >= 0.3 is 0 Å². The molecule has 1 N–H and O–H groups in total. The lowest BCUT2D eigenvalue weighted by Gasteiger charge is -2.17. The van der Waals surface area contributed by atoms with E-state index in [0.717, 1.165) is 22.9 Å². The minimum absolute atomic E-state index is 0.0262. The summed E-state index contributed by atoms with van der Waals surface area (Å²) >= 11 is 0. The number of hydrogen-bond donors (Lipinski definition) is 1. The van der Waals surface area contributed by atoms with E-state index in [1.807, 2.05) is 60.7 Å². The van der Waals surface area contributed by atoms with Gasteiger partial charge < -0.3 is 5.32 Å². The molecule has 3 nitrogen and oxygen atoms in total. The Morgan fingerprint density at radius 1 is 1.09 bits per heavy atom. The summed E-state index contributed by atoms with van der Waals surface area (Å²) in [6.45, 7) is 2.07. The number of nitrogens with one attached hydrogen (secondary N) is 1.